The van der Waals surface area contributed by atoms with Crippen molar-refractivity contribution in [2.24, 2.45) is 0 Å². The normalized spacial score (nSPS) is 18.9. The van der Waals surface area contributed by atoms with Gasteiger partial charge in [0.25, 0.3) is 5.91 Å². The van der Waals surface area contributed by atoms with Gasteiger partial charge in [-0.3, -0.25) is 4.79 Å². The number of likely N-dealkylation sites (tertiary alicyclic amines) is 1. The molecule has 0 bridgehead atoms. The van der Waals surface area contributed by atoms with Gasteiger partial charge in [0.15, 0.2) is 0 Å². The number of nitriles is 1. The summed E-state index contributed by atoms with van der Waals surface area (Å²) in [6.07, 6.45) is 5.11. The van der Waals surface area contributed by atoms with Crippen molar-refractivity contribution in [1.82, 2.24) is 9.88 Å². The Morgan fingerprint density at radius 3 is 3.00 bits per heavy atom. The Bertz CT molecular complexity index is 476. The number of amides is 1. The molecular weight excluding hydrogens is 242 g/mol. The van der Waals surface area contributed by atoms with Crippen LogP contribution < -0.4 is 0 Å². The lowest BCUT2D eigenvalue weighted by molar-refractivity contribution is 0.0574. The SMILES string of the molecule is N#Cc1ccc(C(=O)N2CCCCC2CCO)cn1. The van der Waals surface area contributed by atoms with Gasteiger partial charge in [-0.1, -0.05) is 0 Å². The highest BCUT2D eigenvalue weighted by Crippen LogP contribution is 2.21. The molecule has 0 aliphatic carbocycles. The number of hydrogen-bond donors (Lipinski definition) is 1. The molecule has 1 amide bonds. The van der Waals surface area contributed by atoms with Gasteiger partial charge in [0.05, 0.1) is 5.56 Å². The number of rotatable bonds is 3. The van der Waals surface area contributed by atoms with Crippen molar-refractivity contribution in [3.8, 4) is 6.07 Å². The first-order valence-corrected chi connectivity index (χ1v) is 6.54. The molecule has 1 aliphatic rings. The summed E-state index contributed by atoms with van der Waals surface area (Å²) >= 11 is 0. The number of carbonyl (C=O) groups is 1. The van der Waals surface area contributed by atoms with Gasteiger partial charge in [0.2, 0.25) is 0 Å². The Kier molecular flexibility index (Phi) is 4.48. The second-order valence-corrected chi connectivity index (χ2v) is 4.70. The lowest BCUT2D eigenvalue weighted by Gasteiger charge is -2.35. The van der Waals surface area contributed by atoms with Gasteiger partial charge in [-0.05, 0) is 37.8 Å². The lowest BCUT2D eigenvalue weighted by atomic mass is 9.98. The molecule has 1 fully saturated rings. The molecule has 5 nitrogen and oxygen atoms in total. The van der Waals surface area contributed by atoms with Crippen LogP contribution in [0.15, 0.2) is 18.3 Å². The van der Waals surface area contributed by atoms with E-state index in [1.165, 1.54) is 6.20 Å². The van der Waals surface area contributed by atoms with Crippen molar-refractivity contribution in [1.29, 1.82) is 5.26 Å². The lowest BCUT2D eigenvalue weighted by Crippen LogP contribution is -2.44. The molecule has 1 unspecified atom stereocenters. The van der Waals surface area contributed by atoms with Crippen LogP contribution in [0.1, 0.15) is 41.7 Å². The zero-order valence-corrected chi connectivity index (χ0v) is 10.7. The molecule has 5 heteroatoms. The molecular formula is C14H17N3O2. The molecule has 1 saturated heterocycles. The molecule has 1 aromatic heterocycles. The summed E-state index contributed by atoms with van der Waals surface area (Å²) in [7, 11) is 0. The first-order valence-electron chi connectivity index (χ1n) is 6.54. The molecule has 2 rings (SSSR count). The van der Waals surface area contributed by atoms with E-state index in [1.807, 2.05) is 11.0 Å². The van der Waals surface area contributed by atoms with Crippen LogP contribution >= 0.6 is 0 Å². The van der Waals surface area contributed by atoms with E-state index in [9.17, 15) is 4.79 Å². The number of nitrogens with zero attached hydrogens (tertiary/aromatic N) is 3. The van der Waals surface area contributed by atoms with Crippen LogP contribution in [0.5, 0.6) is 0 Å². The van der Waals surface area contributed by atoms with E-state index >= 15 is 0 Å². The van der Waals surface area contributed by atoms with Crippen LogP contribution in [0.4, 0.5) is 0 Å². The van der Waals surface area contributed by atoms with Gasteiger partial charge < -0.3 is 10.0 Å². The van der Waals surface area contributed by atoms with E-state index < -0.39 is 0 Å². The van der Waals surface area contributed by atoms with E-state index in [2.05, 4.69) is 4.98 Å². The predicted molar refractivity (Wildman–Crippen MR) is 69.3 cm³/mol. The minimum absolute atomic E-state index is 0.0601. The second-order valence-electron chi connectivity index (χ2n) is 4.70. The fraction of sp³-hybridized carbons (Fsp3) is 0.500. The number of piperidine rings is 1. The Morgan fingerprint density at radius 2 is 2.37 bits per heavy atom. The molecule has 100 valence electrons. The van der Waals surface area contributed by atoms with Gasteiger partial charge in [-0.2, -0.15) is 5.26 Å². The van der Waals surface area contributed by atoms with Crippen molar-refractivity contribution >= 4 is 5.91 Å². The van der Waals surface area contributed by atoms with E-state index in [0.717, 1.165) is 25.8 Å². The summed E-state index contributed by atoms with van der Waals surface area (Å²) in [6.45, 7) is 0.823. The standard InChI is InChI=1S/C14H17N3O2/c15-9-12-5-4-11(10-16-12)14(19)17-7-2-1-3-13(17)6-8-18/h4-5,10,13,18H,1-3,6-8H2. The fourth-order valence-electron chi connectivity index (χ4n) is 2.47. The maximum Gasteiger partial charge on any atom is 0.255 e. The molecule has 0 saturated carbocycles. The van der Waals surface area contributed by atoms with E-state index in [1.54, 1.807) is 12.1 Å². The van der Waals surface area contributed by atoms with Gasteiger partial charge in [-0.15, -0.1) is 0 Å². The average Bonchev–Trinajstić information content (AvgIpc) is 2.47. The number of aromatic nitrogens is 1. The van der Waals surface area contributed by atoms with E-state index in [0.29, 0.717) is 17.7 Å². The Labute approximate surface area is 112 Å². The summed E-state index contributed by atoms with van der Waals surface area (Å²) < 4.78 is 0. The molecule has 1 aromatic rings. The molecule has 1 aliphatic heterocycles. The molecule has 0 aromatic carbocycles. The average molecular weight is 259 g/mol. The first kappa shape index (κ1) is 13.5. The molecule has 0 radical (unpaired) electrons. The molecule has 19 heavy (non-hydrogen) atoms. The van der Waals surface area contributed by atoms with E-state index in [-0.39, 0.29) is 18.6 Å². The minimum Gasteiger partial charge on any atom is -0.396 e. The summed E-state index contributed by atoms with van der Waals surface area (Å²) in [5.74, 6) is -0.0601. The Morgan fingerprint density at radius 1 is 1.53 bits per heavy atom. The van der Waals surface area contributed by atoms with Gasteiger partial charge >= 0.3 is 0 Å². The number of pyridine rings is 1. The summed E-state index contributed by atoms with van der Waals surface area (Å²) in [6, 6.07) is 5.24. The second kappa shape index (κ2) is 6.30. The highest BCUT2D eigenvalue weighted by Gasteiger charge is 2.27. The summed E-state index contributed by atoms with van der Waals surface area (Å²) in [5, 5.41) is 17.8. The van der Waals surface area contributed by atoms with Crippen molar-refractivity contribution in [2.75, 3.05) is 13.2 Å². The quantitative estimate of drug-likeness (QED) is 0.888. The van der Waals surface area contributed by atoms with Crippen molar-refractivity contribution in [3.05, 3.63) is 29.6 Å². The predicted octanol–water partition coefficient (Wildman–Crippen LogP) is 1.33. The molecule has 0 spiro atoms. The third-order valence-electron chi connectivity index (χ3n) is 3.48. The van der Waals surface area contributed by atoms with Crippen molar-refractivity contribution in [3.63, 3.8) is 0 Å². The third kappa shape index (κ3) is 3.09. The highest BCUT2D eigenvalue weighted by molar-refractivity contribution is 5.94. The smallest absolute Gasteiger partial charge is 0.255 e. The number of aliphatic hydroxyl groups excluding tert-OH is 1. The minimum atomic E-state index is -0.0601. The Hall–Kier alpha value is -1.93. The van der Waals surface area contributed by atoms with Crippen molar-refractivity contribution < 1.29 is 9.90 Å². The van der Waals surface area contributed by atoms with Gasteiger partial charge in [-0.25, -0.2) is 4.98 Å². The maximum absolute atomic E-state index is 12.4. The van der Waals surface area contributed by atoms with Crippen LogP contribution in [-0.2, 0) is 0 Å². The zero-order chi connectivity index (χ0) is 13.7. The van der Waals surface area contributed by atoms with Crippen LogP contribution in [0, 0.1) is 11.3 Å². The van der Waals surface area contributed by atoms with Crippen LogP contribution in [0.3, 0.4) is 0 Å². The fourth-order valence-corrected chi connectivity index (χ4v) is 2.47. The van der Waals surface area contributed by atoms with Crippen molar-refractivity contribution in [2.45, 2.75) is 31.7 Å². The Balaban J connectivity index is 2.14. The molecule has 1 N–H and O–H groups in total. The monoisotopic (exact) mass is 259 g/mol. The maximum atomic E-state index is 12.4. The summed E-state index contributed by atoms with van der Waals surface area (Å²) in [4.78, 5) is 18.2. The van der Waals surface area contributed by atoms with Gasteiger partial charge in [0, 0.05) is 25.4 Å². The highest BCUT2D eigenvalue weighted by atomic mass is 16.3. The number of hydrogen-bond acceptors (Lipinski definition) is 4. The summed E-state index contributed by atoms with van der Waals surface area (Å²) in [5.41, 5.74) is 0.811. The zero-order valence-electron chi connectivity index (χ0n) is 10.7. The van der Waals surface area contributed by atoms with Gasteiger partial charge in [0.1, 0.15) is 11.8 Å². The third-order valence-corrected chi connectivity index (χ3v) is 3.48. The first-order chi connectivity index (χ1) is 9.26. The van der Waals surface area contributed by atoms with E-state index in [4.69, 9.17) is 10.4 Å². The van der Waals surface area contributed by atoms with Crippen LogP contribution in [0.25, 0.3) is 0 Å². The number of aliphatic hydroxyl groups is 1. The topological polar surface area (TPSA) is 77.2 Å². The molecule has 2 heterocycles. The molecule has 1 atom stereocenters. The largest absolute Gasteiger partial charge is 0.396 e. The number of carbonyl (C=O) groups excluding carboxylic acids is 1. The van der Waals surface area contributed by atoms with Crippen LogP contribution in [-0.4, -0.2) is 40.1 Å². The van der Waals surface area contributed by atoms with Crippen LogP contribution in [0.2, 0.25) is 0 Å².